The van der Waals surface area contributed by atoms with Crippen molar-refractivity contribution in [3.05, 3.63) is 60.7 Å². The molecular formula is C14H15NO. The molecule has 0 amide bonds. The number of nitrogens with one attached hydrogen (secondary N) is 1. The molecular weight excluding hydrogens is 198 g/mol. The largest absolute Gasteiger partial charge is 0.492 e. The molecule has 1 N–H and O–H groups in total. The van der Waals surface area contributed by atoms with E-state index >= 15 is 0 Å². The molecule has 0 saturated heterocycles. The fourth-order valence-electron chi connectivity index (χ4n) is 1.44. The van der Waals surface area contributed by atoms with Crippen LogP contribution in [0.5, 0.6) is 5.75 Å². The van der Waals surface area contributed by atoms with Gasteiger partial charge in [-0.25, -0.2) is 0 Å². The van der Waals surface area contributed by atoms with E-state index in [2.05, 4.69) is 5.32 Å². The van der Waals surface area contributed by atoms with E-state index in [9.17, 15) is 0 Å². The van der Waals surface area contributed by atoms with E-state index in [-0.39, 0.29) is 0 Å². The molecule has 2 aromatic carbocycles. The van der Waals surface area contributed by atoms with E-state index in [1.165, 1.54) is 0 Å². The molecule has 0 heterocycles. The van der Waals surface area contributed by atoms with Gasteiger partial charge in [-0.1, -0.05) is 36.4 Å². The van der Waals surface area contributed by atoms with E-state index in [1.807, 2.05) is 60.7 Å². The van der Waals surface area contributed by atoms with Crippen LogP contribution >= 0.6 is 0 Å². The quantitative estimate of drug-likeness (QED) is 0.770. The van der Waals surface area contributed by atoms with Gasteiger partial charge in [-0.2, -0.15) is 0 Å². The summed E-state index contributed by atoms with van der Waals surface area (Å²) in [7, 11) is 0. The molecule has 2 aromatic rings. The molecule has 0 saturated carbocycles. The zero-order valence-electron chi connectivity index (χ0n) is 9.10. The van der Waals surface area contributed by atoms with E-state index in [0.717, 1.165) is 18.0 Å². The van der Waals surface area contributed by atoms with Gasteiger partial charge >= 0.3 is 0 Å². The van der Waals surface area contributed by atoms with E-state index in [0.29, 0.717) is 6.61 Å². The maximum Gasteiger partial charge on any atom is 0.119 e. The average Bonchev–Trinajstić information content (AvgIpc) is 2.37. The summed E-state index contributed by atoms with van der Waals surface area (Å²) < 4.78 is 5.57. The van der Waals surface area contributed by atoms with Gasteiger partial charge in [0.15, 0.2) is 0 Å². The van der Waals surface area contributed by atoms with Crippen LogP contribution in [0.2, 0.25) is 0 Å². The van der Waals surface area contributed by atoms with Crippen LogP contribution in [0.15, 0.2) is 60.7 Å². The number of ether oxygens (including phenoxy) is 1. The van der Waals surface area contributed by atoms with E-state index < -0.39 is 0 Å². The molecule has 0 unspecified atom stereocenters. The summed E-state index contributed by atoms with van der Waals surface area (Å²) in [5, 5.41) is 3.29. The Balaban J connectivity index is 1.70. The van der Waals surface area contributed by atoms with Crippen LogP contribution in [0.3, 0.4) is 0 Å². The number of para-hydroxylation sites is 2. The third-order valence-electron chi connectivity index (χ3n) is 2.22. The van der Waals surface area contributed by atoms with E-state index in [4.69, 9.17) is 4.74 Å². The highest BCUT2D eigenvalue weighted by Gasteiger charge is 1.91. The van der Waals surface area contributed by atoms with Crippen LogP contribution in [0.4, 0.5) is 5.69 Å². The topological polar surface area (TPSA) is 21.3 Å². The molecule has 0 radical (unpaired) electrons. The molecule has 0 aliphatic heterocycles. The van der Waals surface area contributed by atoms with Crippen molar-refractivity contribution in [2.45, 2.75) is 0 Å². The van der Waals surface area contributed by atoms with Crippen LogP contribution in [0, 0.1) is 0 Å². The Labute approximate surface area is 95.9 Å². The fraction of sp³-hybridized carbons (Fsp3) is 0.143. The summed E-state index contributed by atoms with van der Waals surface area (Å²) in [5.74, 6) is 0.914. The standard InChI is InChI=1S/C14H15NO/c1-3-7-13(8-4-1)15-11-12-16-14-9-5-2-6-10-14/h1-10,15H,11-12H2. The Morgan fingerprint density at radius 2 is 1.44 bits per heavy atom. The third-order valence-corrected chi connectivity index (χ3v) is 2.22. The van der Waals surface area contributed by atoms with Crippen molar-refractivity contribution in [2.24, 2.45) is 0 Å². The number of rotatable bonds is 5. The average molecular weight is 213 g/mol. The summed E-state index contributed by atoms with van der Waals surface area (Å²) in [6, 6.07) is 20.0. The van der Waals surface area contributed by atoms with Crippen molar-refractivity contribution in [3.8, 4) is 5.75 Å². The molecule has 0 fully saturated rings. The first-order chi connectivity index (χ1) is 7.95. The molecule has 2 rings (SSSR count). The smallest absolute Gasteiger partial charge is 0.119 e. The van der Waals surface area contributed by atoms with Crippen LogP contribution in [-0.4, -0.2) is 13.2 Å². The monoisotopic (exact) mass is 213 g/mol. The minimum Gasteiger partial charge on any atom is -0.492 e. The van der Waals surface area contributed by atoms with Crippen LogP contribution in [0.25, 0.3) is 0 Å². The van der Waals surface area contributed by atoms with Gasteiger partial charge in [0.25, 0.3) is 0 Å². The second-order valence-electron chi connectivity index (χ2n) is 3.45. The van der Waals surface area contributed by atoms with Gasteiger partial charge in [0, 0.05) is 12.2 Å². The highest BCUT2D eigenvalue weighted by atomic mass is 16.5. The Morgan fingerprint density at radius 3 is 2.12 bits per heavy atom. The second-order valence-corrected chi connectivity index (χ2v) is 3.45. The molecule has 0 bridgehead atoms. The molecule has 0 aliphatic carbocycles. The number of hydrogen-bond acceptors (Lipinski definition) is 2. The molecule has 0 spiro atoms. The summed E-state index contributed by atoms with van der Waals surface area (Å²) in [5.41, 5.74) is 1.12. The van der Waals surface area contributed by atoms with Gasteiger partial charge in [0.1, 0.15) is 12.4 Å². The number of benzene rings is 2. The van der Waals surface area contributed by atoms with Crippen LogP contribution in [-0.2, 0) is 0 Å². The van der Waals surface area contributed by atoms with Crippen molar-refractivity contribution < 1.29 is 4.74 Å². The fourth-order valence-corrected chi connectivity index (χ4v) is 1.44. The lowest BCUT2D eigenvalue weighted by molar-refractivity contribution is 0.333. The first-order valence-electron chi connectivity index (χ1n) is 5.42. The lowest BCUT2D eigenvalue weighted by atomic mass is 10.3. The summed E-state index contributed by atoms with van der Waals surface area (Å²) >= 11 is 0. The summed E-state index contributed by atoms with van der Waals surface area (Å²) in [6.07, 6.45) is 0. The first-order valence-corrected chi connectivity index (χ1v) is 5.42. The highest BCUT2D eigenvalue weighted by Crippen LogP contribution is 2.08. The van der Waals surface area contributed by atoms with Crippen molar-refractivity contribution in [2.75, 3.05) is 18.5 Å². The van der Waals surface area contributed by atoms with Crippen molar-refractivity contribution in [1.29, 1.82) is 0 Å². The third kappa shape index (κ3) is 3.31. The van der Waals surface area contributed by atoms with Gasteiger partial charge in [-0.15, -0.1) is 0 Å². The Hall–Kier alpha value is -1.96. The molecule has 2 nitrogen and oxygen atoms in total. The maximum absolute atomic E-state index is 5.57. The number of anilines is 1. The number of hydrogen-bond donors (Lipinski definition) is 1. The minimum atomic E-state index is 0.666. The van der Waals surface area contributed by atoms with Crippen LogP contribution in [0.1, 0.15) is 0 Å². The second kappa shape index (κ2) is 5.81. The molecule has 2 heteroatoms. The molecule has 82 valence electrons. The summed E-state index contributed by atoms with van der Waals surface area (Å²) in [6.45, 7) is 1.47. The molecule has 0 aromatic heterocycles. The zero-order valence-corrected chi connectivity index (χ0v) is 9.10. The normalized spacial score (nSPS) is 9.75. The lowest BCUT2D eigenvalue weighted by Gasteiger charge is -2.08. The predicted molar refractivity (Wildman–Crippen MR) is 66.9 cm³/mol. The Bertz CT molecular complexity index is 358. The Morgan fingerprint density at radius 1 is 0.812 bits per heavy atom. The lowest BCUT2D eigenvalue weighted by Crippen LogP contribution is -2.11. The van der Waals surface area contributed by atoms with Crippen molar-refractivity contribution in [1.82, 2.24) is 0 Å². The van der Waals surface area contributed by atoms with Crippen molar-refractivity contribution >= 4 is 5.69 Å². The van der Waals surface area contributed by atoms with Gasteiger partial charge < -0.3 is 10.1 Å². The zero-order chi connectivity index (χ0) is 11.1. The van der Waals surface area contributed by atoms with E-state index in [1.54, 1.807) is 0 Å². The molecule has 16 heavy (non-hydrogen) atoms. The first kappa shape index (κ1) is 10.6. The summed E-state index contributed by atoms with van der Waals surface area (Å²) in [4.78, 5) is 0. The van der Waals surface area contributed by atoms with Gasteiger partial charge in [0.2, 0.25) is 0 Å². The Kier molecular flexibility index (Phi) is 3.83. The van der Waals surface area contributed by atoms with Crippen molar-refractivity contribution in [3.63, 3.8) is 0 Å². The SMILES string of the molecule is c1ccc(NCCOc2ccccc2)cc1. The molecule has 0 aliphatic rings. The van der Waals surface area contributed by atoms with Gasteiger partial charge in [-0.3, -0.25) is 0 Å². The highest BCUT2D eigenvalue weighted by molar-refractivity contribution is 5.42. The van der Waals surface area contributed by atoms with Crippen LogP contribution < -0.4 is 10.1 Å². The van der Waals surface area contributed by atoms with Gasteiger partial charge in [0.05, 0.1) is 0 Å². The predicted octanol–water partition coefficient (Wildman–Crippen LogP) is 3.18. The van der Waals surface area contributed by atoms with Gasteiger partial charge in [-0.05, 0) is 24.3 Å². The molecule has 0 atom stereocenters. The maximum atomic E-state index is 5.57. The minimum absolute atomic E-state index is 0.666.